The van der Waals surface area contributed by atoms with Gasteiger partial charge in [0, 0.05) is 28.9 Å². The number of nitrogens with zero attached hydrogens (tertiary/aromatic N) is 2. The van der Waals surface area contributed by atoms with Crippen LogP contribution in [0.4, 0.5) is 0 Å². The Bertz CT molecular complexity index is 426. The Morgan fingerprint density at radius 3 is 3.00 bits per heavy atom. The Hall–Kier alpha value is -0.710. The van der Waals surface area contributed by atoms with Gasteiger partial charge in [-0.25, -0.2) is 4.98 Å². The highest BCUT2D eigenvalue weighted by molar-refractivity contribution is 14.1. The standard InChI is InChI=1S/C9H7IN2/c1-6-8-4-9(10)12-5-7(8)2-3-11-6/h2-5H,1H3. The maximum Gasteiger partial charge on any atom is 0.102 e. The van der Waals surface area contributed by atoms with Crippen molar-refractivity contribution in [3.8, 4) is 0 Å². The van der Waals surface area contributed by atoms with Gasteiger partial charge in [-0.05, 0) is 41.6 Å². The summed E-state index contributed by atoms with van der Waals surface area (Å²) in [6.07, 6.45) is 3.69. The van der Waals surface area contributed by atoms with Crippen molar-refractivity contribution >= 4 is 33.4 Å². The summed E-state index contributed by atoms with van der Waals surface area (Å²) in [5, 5.41) is 2.35. The summed E-state index contributed by atoms with van der Waals surface area (Å²) in [6.45, 7) is 2.01. The Labute approximate surface area is 84.2 Å². The Morgan fingerprint density at radius 1 is 1.33 bits per heavy atom. The fourth-order valence-electron chi connectivity index (χ4n) is 1.19. The van der Waals surface area contributed by atoms with Crippen molar-refractivity contribution < 1.29 is 0 Å². The maximum atomic E-state index is 4.22. The van der Waals surface area contributed by atoms with E-state index in [-0.39, 0.29) is 0 Å². The van der Waals surface area contributed by atoms with E-state index < -0.39 is 0 Å². The molecular formula is C9H7IN2. The third-order valence-corrected chi connectivity index (χ3v) is 2.40. The first-order valence-corrected chi connectivity index (χ1v) is 4.72. The predicted molar refractivity (Wildman–Crippen MR) is 57.0 cm³/mol. The first-order chi connectivity index (χ1) is 5.77. The van der Waals surface area contributed by atoms with Gasteiger partial charge in [0.25, 0.3) is 0 Å². The van der Waals surface area contributed by atoms with E-state index in [1.54, 1.807) is 0 Å². The molecule has 0 aliphatic carbocycles. The largest absolute Gasteiger partial charge is 0.261 e. The van der Waals surface area contributed by atoms with Gasteiger partial charge < -0.3 is 0 Å². The number of hydrogen-bond donors (Lipinski definition) is 0. The zero-order valence-electron chi connectivity index (χ0n) is 6.58. The van der Waals surface area contributed by atoms with Crippen molar-refractivity contribution in [1.29, 1.82) is 0 Å². The third-order valence-electron chi connectivity index (χ3n) is 1.81. The second kappa shape index (κ2) is 2.97. The van der Waals surface area contributed by atoms with Crippen LogP contribution in [0.1, 0.15) is 5.69 Å². The first kappa shape index (κ1) is 7.91. The number of rotatable bonds is 0. The summed E-state index contributed by atoms with van der Waals surface area (Å²) in [5.74, 6) is 0. The average molecular weight is 270 g/mol. The topological polar surface area (TPSA) is 25.8 Å². The van der Waals surface area contributed by atoms with Crippen molar-refractivity contribution in [2.45, 2.75) is 6.92 Å². The van der Waals surface area contributed by atoms with Crippen LogP contribution in [-0.4, -0.2) is 9.97 Å². The lowest BCUT2D eigenvalue weighted by Gasteiger charge is -1.99. The predicted octanol–water partition coefficient (Wildman–Crippen LogP) is 2.54. The minimum absolute atomic E-state index is 1.01. The van der Waals surface area contributed by atoms with E-state index in [1.165, 1.54) is 5.39 Å². The number of pyridine rings is 2. The minimum atomic E-state index is 1.01. The number of aromatic nitrogens is 2. The molecule has 0 unspecified atom stereocenters. The molecule has 3 heteroatoms. The highest BCUT2D eigenvalue weighted by Crippen LogP contribution is 2.16. The van der Waals surface area contributed by atoms with Crippen LogP contribution in [0.25, 0.3) is 10.8 Å². The van der Waals surface area contributed by atoms with Crippen molar-refractivity contribution in [3.05, 3.63) is 33.9 Å². The van der Waals surface area contributed by atoms with Gasteiger partial charge in [0.1, 0.15) is 3.70 Å². The molecule has 0 fully saturated rings. The number of hydrogen-bond acceptors (Lipinski definition) is 2. The molecule has 12 heavy (non-hydrogen) atoms. The van der Waals surface area contributed by atoms with Crippen molar-refractivity contribution in [3.63, 3.8) is 0 Å². The van der Waals surface area contributed by atoms with Crippen LogP contribution in [0, 0.1) is 10.6 Å². The lowest BCUT2D eigenvalue weighted by atomic mass is 10.2. The van der Waals surface area contributed by atoms with E-state index in [0.717, 1.165) is 14.8 Å². The van der Waals surface area contributed by atoms with E-state index in [1.807, 2.05) is 25.4 Å². The quantitative estimate of drug-likeness (QED) is 0.543. The number of halogens is 1. The number of aryl methyl sites for hydroxylation is 1. The summed E-state index contributed by atoms with van der Waals surface area (Å²) in [5.41, 5.74) is 1.06. The molecule has 2 nitrogen and oxygen atoms in total. The molecule has 2 aromatic rings. The van der Waals surface area contributed by atoms with Crippen LogP contribution in [0.15, 0.2) is 24.5 Å². The zero-order valence-corrected chi connectivity index (χ0v) is 8.74. The molecule has 0 aliphatic rings. The second-order valence-corrected chi connectivity index (χ2v) is 3.73. The molecule has 0 amide bonds. The van der Waals surface area contributed by atoms with Crippen molar-refractivity contribution in [2.75, 3.05) is 0 Å². The highest BCUT2D eigenvalue weighted by Gasteiger charge is 1.97. The summed E-state index contributed by atoms with van der Waals surface area (Å²) >= 11 is 2.21. The minimum Gasteiger partial charge on any atom is -0.261 e. The van der Waals surface area contributed by atoms with Gasteiger partial charge in [-0.1, -0.05) is 0 Å². The molecule has 0 saturated carbocycles. The van der Waals surface area contributed by atoms with E-state index in [2.05, 4.69) is 38.6 Å². The summed E-state index contributed by atoms with van der Waals surface area (Å²) in [6, 6.07) is 4.03. The molecule has 2 rings (SSSR count). The fraction of sp³-hybridized carbons (Fsp3) is 0.111. The molecule has 0 spiro atoms. The Kier molecular flexibility index (Phi) is 1.96. The van der Waals surface area contributed by atoms with Crippen LogP contribution in [0.3, 0.4) is 0 Å². The SMILES string of the molecule is Cc1nccc2cnc(I)cc12. The lowest BCUT2D eigenvalue weighted by Crippen LogP contribution is -1.86. The van der Waals surface area contributed by atoms with Crippen molar-refractivity contribution in [1.82, 2.24) is 9.97 Å². The molecule has 0 N–H and O–H groups in total. The van der Waals surface area contributed by atoms with Gasteiger partial charge in [-0.3, -0.25) is 4.98 Å². The normalized spacial score (nSPS) is 10.5. The number of fused-ring (bicyclic) bond motifs is 1. The van der Waals surface area contributed by atoms with Gasteiger partial charge in [-0.15, -0.1) is 0 Å². The fourth-order valence-corrected chi connectivity index (χ4v) is 1.64. The van der Waals surface area contributed by atoms with Crippen LogP contribution in [0.5, 0.6) is 0 Å². The molecule has 0 bridgehead atoms. The van der Waals surface area contributed by atoms with Crippen LogP contribution in [-0.2, 0) is 0 Å². The highest BCUT2D eigenvalue weighted by atomic mass is 127. The Balaban J connectivity index is 2.88. The monoisotopic (exact) mass is 270 g/mol. The molecule has 0 aromatic carbocycles. The van der Waals surface area contributed by atoms with E-state index in [4.69, 9.17) is 0 Å². The summed E-state index contributed by atoms with van der Waals surface area (Å²) in [7, 11) is 0. The molecule has 60 valence electrons. The van der Waals surface area contributed by atoms with Gasteiger partial charge in [0.15, 0.2) is 0 Å². The average Bonchev–Trinajstić information content (AvgIpc) is 2.07. The molecule has 2 aromatic heterocycles. The first-order valence-electron chi connectivity index (χ1n) is 3.64. The molecule has 2 heterocycles. The third kappa shape index (κ3) is 1.29. The smallest absolute Gasteiger partial charge is 0.102 e. The van der Waals surface area contributed by atoms with Gasteiger partial charge >= 0.3 is 0 Å². The Morgan fingerprint density at radius 2 is 2.17 bits per heavy atom. The summed E-state index contributed by atoms with van der Waals surface area (Å²) < 4.78 is 1.01. The molecule has 0 atom stereocenters. The van der Waals surface area contributed by atoms with Crippen LogP contribution in [0.2, 0.25) is 0 Å². The van der Waals surface area contributed by atoms with Crippen LogP contribution < -0.4 is 0 Å². The van der Waals surface area contributed by atoms with E-state index in [9.17, 15) is 0 Å². The molecular weight excluding hydrogens is 263 g/mol. The lowest BCUT2D eigenvalue weighted by molar-refractivity contribution is 1.22. The van der Waals surface area contributed by atoms with Gasteiger partial charge in [-0.2, -0.15) is 0 Å². The van der Waals surface area contributed by atoms with Crippen molar-refractivity contribution in [2.24, 2.45) is 0 Å². The molecule has 0 radical (unpaired) electrons. The van der Waals surface area contributed by atoms with E-state index in [0.29, 0.717) is 0 Å². The molecule has 0 aliphatic heterocycles. The van der Waals surface area contributed by atoms with Crippen LogP contribution >= 0.6 is 22.6 Å². The maximum absolute atomic E-state index is 4.22. The van der Waals surface area contributed by atoms with E-state index >= 15 is 0 Å². The molecule has 0 saturated heterocycles. The van der Waals surface area contributed by atoms with Gasteiger partial charge in [0.05, 0.1) is 0 Å². The second-order valence-electron chi connectivity index (χ2n) is 2.62. The summed E-state index contributed by atoms with van der Waals surface area (Å²) in [4.78, 5) is 8.42. The zero-order chi connectivity index (χ0) is 8.55. The van der Waals surface area contributed by atoms with Gasteiger partial charge in [0.2, 0.25) is 0 Å².